The number of carbonyl (C=O) groups excluding carboxylic acids is 1. The van der Waals surface area contributed by atoms with E-state index in [-0.39, 0.29) is 11.6 Å². The van der Waals surface area contributed by atoms with Gasteiger partial charge in [0.15, 0.2) is 5.78 Å². The summed E-state index contributed by atoms with van der Waals surface area (Å²) in [4.78, 5) is 12.8. The van der Waals surface area contributed by atoms with E-state index in [1.807, 2.05) is 24.3 Å². The summed E-state index contributed by atoms with van der Waals surface area (Å²) in [6.07, 6.45) is 4.98. The van der Waals surface area contributed by atoms with Crippen molar-refractivity contribution >= 4 is 46.7 Å². The molecule has 3 aromatic carbocycles. The Kier molecular flexibility index (Phi) is 6.23. The maximum Gasteiger partial charge on any atom is 0.186 e. The molecular formula is C23H15Cl2FO. The van der Waals surface area contributed by atoms with Crippen molar-refractivity contribution in [2.24, 2.45) is 0 Å². The van der Waals surface area contributed by atoms with E-state index in [1.165, 1.54) is 18.2 Å². The minimum atomic E-state index is -0.353. The monoisotopic (exact) mass is 396 g/mol. The Morgan fingerprint density at radius 1 is 0.741 bits per heavy atom. The number of carbonyl (C=O) groups is 1. The van der Waals surface area contributed by atoms with E-state index in [1.54, 1.807) is 48.6 Å². The average molecular weight is 397 g/mol. The van der Waals surface area contributed by atoms with Crippen LogP contribution in [0.1, 0.15) is 16.7 Å². The van der Waals surface area contributed by atoms with E-state index < -0.39 is 0 Å². The zero-order chi connectivity index (χ0) is 19.2. The first-order valence-electron chi connectivity index (χ1n) is 8.22. The third-order valence-corrected chi connectivity index (χ3v) is 4.40. The van der Waals surface area contributed by atoms with Crippen LogP contribution in [0.4, 0.5) is 4.39 Å². The summed E-state index contributed by atoms with van der Waals surface area (Å²) in [7, 11) is 0. The van der Waals surface area contributed by atoms with Crippen LogP contribution in [0.5, 0.6) is 0 Å². The number of halogens is 3. The van der Waals surface area contributed by atoms with Crippen molar-refractivity contribution in [1.29, 1.82) is 0 Å². The van der Waals surface area contributed by atoms with Gasteiger partial charge in [0.2, 0.25) is 0 Å². The van der Waals surface area contributed by atoms with E-state index in [4.69, 9.17) is 23.2 Å². The highest BCUT2D eigenvalue weighted by atomic mass is 35.5. The number of hydrogen-bond acceptors (Lipinski definition) is 1. The lowest BCUT2D eigenvalue weighted by molar-refractivity contribution is -0.109. The zero-order valence-corrected chi connectivity index (χ0v) is 15.7. The second-order valence-electron chi connectivity index (χ2n) is 5.87. The SMILES string of the molecule is O=C(/C=C/c1ccc(Cl)cc1)/C(=C/c1ccc(Cl)cc1)c1ccc(F)cc1. The summed E-state index contributed by atoms with van der Waals surface area (Å²) in [6.45, 7) is 0. The number of benzene rings is 3. The van der Waals surface area contributed by atoms with Crippen molar-refractivity contribution in [3.63, 3.8) is 0 Å². The fraction of sp³-hybridized carbons (Fsp3) is 0. The predicted octanol–water partition coefficient (Wildman–Crippen LogP) is 6.96. The molecule has 0 aliphatic rings. The normalized spacial score (nSPS) is 11.7. The van der Waals surface area contributed by atoms with Crippen molar-refractivity contribution in [1.82, 2.24) is 0 Å². The van der Waals surface area contributed by atoms with Gasteiger partial charge in [-0.05, 0) is 65.2 Å². The fourth-order valence-electron chi connectivity index (χ4n) is 2.49. The molecule has 0 aliphatic heterocycles. The Balaban J connectivity index is 1.95. The molecule has 0 aromatic heterocycles. The topological polar surface area (TPSA) is 17.1 Å². The largest absolute Gasteiger partial charge is 0.289 e. The Morgan fingerprint density at radius 2 is 1.26 bits per heavy atom. The zero-order valence-electron chi connectivity index (χ0n) is 14.2. The molecular weight excluding hydrogens is 382 g/mol. The van der Waals surface area contributed by atoms with Crippen molar-refractivity contribution < 1.29 is 9.18 Å². The van der Waals surface area contributed by atoms with Gasteiger partial charge in [0.1, 0.15) is 5.82 Å². The molecule has 0 fully saturated rings. The smallest absolute Gasteiger partial charge is 0.186 e. The summed E-state index contributed by atoms with van der Waals surface area (Å²) < 4.78 is 13.3. The molecule has 134 valence electrons. The highest BCUT2D eigenvalue weighted by molar-refractivity contribution is 6.32. The molecule has 0 bridgehead atoms. The van der Waals surface area contributed by atoms with Gasteiger partial charge in [-0.15, -0.1) is 0 Å². The first kappa shape index (κ1) is 19.1. The van der Waals surface area contributed by atoms with Crippen LogP contribution < -0.4 is 0 Å². The van der Waals surface area contributed by atoms with Gasteiger partial charge in [0.05, 0.1) is 0 Å². The van der Waals surface area contributed by atoms with Crippen LogP contribution in [0, 0.1) is 5.82 Å². The minimum absolute atomic E-state index is 0.188. The first-order valence-corrected chi connectivity index (χ1v) is 8.98. The van der Waals surface area contributed by atoms with E-state index in [2.05, 4.69) is 0 Å². The van der Waals surface area contributed by atoms with Gasteiger partial charge in [-0.25, -0.2) is 4.39 Å². The Bertz CT molecular complexity index is 986. The fourth-order valence-corrected chi connectivity index (χ4v) is 2.74. The van der Waals surface area contributed by atoms with Gasteiger partial charge >= 0.3 is 0 Å². The first-order chi connectivity index (χ1) is 13.0. The minimum Gasteiger partial charge on any atom is -0.289 e. The summed E-state index contributed by atoms with van der Waals surface area (Å²) in [5.41, 5.74) is 2.78. The maximum absolute atomic E-state index is 13.3. The molecule has 3 aromatic rings. The number of ketones is 1. The summed E-state index contributed by atoms with van der Waals surface area (Å²) in [5.74, 6) is -0.541. The maximum atomic E-state index is 13.3. The van der Waals surface area contributed by atoms with E-state index in [0.29, 0.717) is 21.2 Å². The van der Waals surface area contributed by atoms with Crippen LogP contribution in [-0.4, -0.2) is 5.78 Å². The van der Waals surface area contributed by atoms with Gasteiger partial charge in [-0.1, -0.05) is 65.7 Å². The average Bonchev–Trinajstić information content (AvgIpc) is 2.68. The van der Waals surface area contributed by atoms with Crippen molar-refractivity contribution in [3.05, 3.63) is 111 Å². The van der Waals surface area contributed by atoms with Crippen molar-refractivity contribution in [3.8, 4) is 0 Å². The molecule has 0 N–H and O–H groups in total. The van der Waals surface area contributed by atoms with Gasteiger partial charge in [-0.2, -0.15) is 0 Å². The number of allylic oxidation sites excluding steroid dienone is 2. The Morgan fingerprint density at radius 3 is 1.81 bits per heavy atom. The Hall–Kier alpha value is -2.68. The van der Waals surface area contributed by atoms with Gasteiger partial charge in [0.25, 0.3) is 0 Å². The molecule has 0 radical (unpaired) electrons. The highest BCUT2D eigenvalue weighted by Gasteiger charge is 2.10. The standard InChI is InChI=1S/C23H15Cl2FO/c24-19-8-1-16(2-9-19)5-14-23(27)22(18-6-12-21(26)13-7-18)15-17-3-10-20(25)11-4-17/h1-15H/b14-5+,22-15+. The quantitative estimate of drug-likeness (QED) is 0.336. The van der Waals surface area contributed by atoms with Gasteiger partial charge in [0, 0.05) is 15.6 Å². The number of hydrogen-bond donors (Lipinski definition) is 0. The summed E-state index contributed by atoms with van der Waals surface area (Å²) in [6, 6.07) is 20.2. The third kappa shape index (κ3) is 5.40. The number of rotatable bonds is 5. The van der Waals surface area contributed by atoms with Gasteiger partial charge in [-0.3, -0.25) is 4.79 Å². The molecule has 0 heterocycles. The third-order valence-electron chi connectivity index (χ3n) is 3.90. The predicted molar refractivity (Wildman–Crippen MR) is 111 cm³/mol. The van der Waals surface area contributed by atoms with E-state index in [9.17, 15) is 9.18 Å². The highest BCUT2D eigenvalue weighted by Crippen LogP contribution is 2.22. The molecule has 0 unspecified atom stereocenters. The van der Waals surface area contributed by atoms with E-state index >= 15 is 0 Å². The second-order valence-corrected chi connectivity index (χ2v) is 6.74. The second kappa shape index (κ2) is 8.81. The van der Waals surface area contributed by atoms with Crippen LogP contribution in [0.2, 0.25) is 10.0 Å². The lowest BCUT2D eigenvalue weighted by atomic mass is 9.98. The summed E-state index contributed by atoms with van der Waals surface area (Å²) >= 11 is 11.8. The molecule has 3 rings (SSSR count). The molecule has 0 atom stereocenters. The van der Waals surface area contributed by atoms with Crippen molar-refractivity contribution in [2.45, 2.75) is 0 Å². The molecule has 0 aliphatic carbocycles. The van der Waals surface area contributed by atoms with Crippen LogP contribution in [0.15, 0.2) is 78.9 Å². The van der Waals surface area contributed by atoms with Crippen LogP contribution in [0.3, 0.4) is 0 Å². The van der Waals surface area contributed by atoms with Crippen LogP contribution >= 0.6 is 23.2 Å². The van der Waals surface area contributed by atoms with Crippen LogP contribution in [-0.2, 0) is 4.79 Å². The van der Waals surface area contributed by atoms with Gasteiger partial charge < -0.3 is 0 Å². The lowest BCUT2D eigenvalue weighted by Crippen LogP contribution is -1.98. The van der Waals surface area contributed by atoms with Crippen molar-refractivity contribution in [2.75, 3.05) is 0 Å². The molecule has 0 amide bonds. The summed E-state index contributed by atoms with van der Waals surface area (Å²) in [5, 5.41) is 1.25. The molecule has 0 spiro atoms. The molecule has 1 nitrogen and oxygen atoms in total. The molecule has 27 heavy (non-hydrogen) atoms. The molecule has 4 heteroatoms. The molecule has 0 saturated heterocycles. The van der Waals surface area contributed by atoms with Crippen LogP contribution in [0.25, 0.3) is 17.7 Å². The lowest BCUT2D eigenvalue weighted by Gasteiger charge is -2.06. The molecule has 0 saturated carbocycles. The Labute approximate surface area is 167 Å². The van der Waals surface area contributed by atoms with E-state index in [0.717, 1.165) is 11.1 Å².